The van der Waals surface area contributed by atoms with Gasteiger partial charge in [-0.15, -0.1) is 0 Å². The molecule has 0 aliphatic carbocycles. The highest BCUT2D eigenvalue weighted by atomic mass is 19.1. The van der Waals surface area contributed by atoms with Gasteiger partial charge in [0.05, 0.1) is 6.67 Å². The Balaban J connectivity index is 0. The van der Waals surface area contributed by atoms with E-state index in [0.29, 0.717) is 0 Å². The van der Waals surface area contributed by atoms with Crippen LogP contribution in [0.5, 0.6) is 0 Å². The normalized spacial score (nSPS) is 10.4. The molecule has 0 aliphatic heterocycles. The van der Waals surface area contributed by atoms with Crippen LogP contribution < -0.4 is 6.15 Å². The molecule has 0 aromatic rings. The highest BCUT2D eigenvalue weighted by Gasteiger charge is 1.93. The molecule has 0 amide bonds. The van der Waals surface area contributed by atoms with Crippen molar-refractivity contribution in [1.82, 2.24) is 6.15 Å². The third-order valence-electron chi connectivity index (χ3n) is 3.74. The molecular formula is C17H38FN. The molecule has 1 nitrogen and oxygen atoms in total. The standard InChI is InChI=1S/C17H35F.H3N/c1-2-3-4-5-6-7-8-9-10-11-12-13-14-15-16-17-18;/h2-17H2,1H3;1H3. The van der Waals surface area contributed by atoms with E-state index in [9.17, 15) is 4.39 Å². The lowest BCUT2D eigenvalue weighted by molar-refractivity contribution is 0.448. The quantitative estimate of drug-likeness (QED) is 0.321. The fourth-order valence-electron chi connectivity index (χ4n) is 2.47. The van der Waals surface area contributed by atoms with Gasteiger partial charge in [0.1, 0.15) is 0 Å². The average molecular weight is 275 g/mol. The van der Waals surface area contributed by atoms with E-state index in [1.54, 1.807) is 0 Å². The smallest absolute Gasteiger partial charge is 0.0894 e. The predicted molar refractivity (Wildman–Crippen MR) is 85.9 cm³/mol. The van der Waals surface area contributed by atoms with Gasteiger partial charge >= 0.3 is 0 Å². The molecule has 0 fully saturated rings. The molecule has 0 rings (SSSR count). The van der Waals surface area contributed by atoms with E-state index in [4.69, 9.17) is 0 Å². The van der Waals surface area contributed by atoms with E-state index in [-0.39, 0.29) is 12.8 Å². The second kappa shape index (κ2) is 20.2. The van der Waals surface area contributed by atoms with Gasteiger partial charge in [-0.05, 0) is 6.42 Å². The van der Waals surface area contributed by atoms with E-state index in [0.717, 1.165) is 12.8 Å². The van der Waals surface area contributed by atoms with Crippen molar-refractivity contribution in [3.05, 3.63) is 0 Å². The van der Waals surface area contributed by atoms with Gasteiger partial charge in [0.2, 0.25) is 0 Å². The molecule has 0 heterocycles. The summed E-state index contributed by atoms with van der Waals surface area (Å²) in [7, 11) is 0. The SMILES string of the molecule is CCCCCCCCCCCCCCCCCF.N. The van der Waals surface area contributed by atoms with Gasteiger partial charge in [0.15, 0.2) is 0 Å². The highest BCUT2D eigenvalue weighted by Crippen LogP contribution is 2.13. The first-order valence-electron chi connectivity index (χ1n) is 8.47. The Labute approximate surface area is 121 Å². The Kier molecular flexibility index (Phi) is 22.5. The number of hydrogen-bond acceptors (Lipinski definition) is 1. The molecule has 0 aromatic carbocycles. The minimum Gasteiger partial charge on any atom is -0.344 e. The van der Waals surface area contributed by atoms with E-state index in [1.165, 1.54) is 83.5 Å². The molecule has 0 saturated heterocycles. The number of unbranched alkanes of at least 4 members (excludes halogenated alkanes) is 14. The van der Waals surface area contributed by atoms with Gasteiger partial charge in [-0.3, -0.25) is 4.39 Å². The number of rotatable bonds is 15. The van der Waals surface area contributed by atoms with Crippen LogP contribution in [0.25, 0.3) is 0 Å². The monoisotopic (exact) mass is 275 g/mol. The zero-order chi connectivity index (χ0) is 13.3. The maximum atomic E-state index is 11.8. The van der Waals surface area contributed by atoms with Crippen molar-refractivity contribution < 1.29 is 4.39 Å². The summed E-state index contributed by atoms with van der Waals surface area (Å²) in [4.78, 5) is 0. The molecular weight excluding hydrogens is 237 g/mol. The minimum absolute atomic E-state index is 0. The molecule has 0 aromatic heterocycles. The maximum Gasteiger partial charge on any atom is 0.0894 e. The second-order valence-corrected chi connectivity index (χ2v) is 5.64. The molecule has 0 atom stereocenters. The van der Waals surface area contributed by atoms with Crippen molar-refractivity contribution in [1.29, 1.82) is 0 Å². The molecule has 19 heavy (non-hydrogen) atoms. The third kappa shape index (κ3) is 20.4. The molecule has 118 valence electrons. The van der Waals surface area contributed by atoms with Crippen LogP contribution in [0.2, 0.25) is 0 Å². The lowest BCUT2D eigenvalue weighted by Crippen LogP contribution is -1.83. The van der Waals surface area contributed by atoms with Crippen LogP contribution in [0.3, 0.4) is 0 Å². The van der Waals surface area contributed by atoms with E-state index in [2.05, 4.69) is 6.92 Å². The molecule has 3 N–H and O–H groups in total. The van der Waals surface area contributed by atoms with Crippen LogP contribution >= 0.6 is 0 Å². The summed E-state index contributed by atoms with van der Waals surface area (Å²) in [6, 6.07) is 0. The van der Waals surface area contributed by atoms with E-state index < -0.39 is 0 Å². The first-order chi connectivity index (χ1) is 8.91. The maximum absolute atomic E-state index is 11.8. The number of halogens is 1. The zero-order valence-electron chi connectivity index (χ0n) is 13.4. The number of alkyl halides is 1. The van der Waals surface area contributed by atoms with Crippen LogP contribution in [0.15, 0.2) is 0 Å². The highest BCUT2D eigenvalue weighted by molar-refractivity contribution is 4.49. The summed E-state index contributed by atoms with van der Waals surface area (Å²) in [6.45, 7) is 2.15. The zero-order valence-corrected chi connectivity index (χ0v) is 13.4. The fourth-order valence-corrected chi connectivity index (χ4v) is 2.47. The summed E-state index contributed by atoms with van der Waals surface area (Å²) in [5.74, 6) is 0. The van der Waals surface area contributed by atoms with Crippen molar-refractivity contribution in [3.8, 4) is 0 Å². The third-order valence-corrected chi connectivity index (χ3v) is 3.74. The summed E-state index contributed by atoms with van der Waals surface area (Å²) in [6.07, 6.45) is 20.0. The Hall–Kier alpha value is -0.110. The van der Waals surface area contributed by atoms with Crippen LogP contribution in [0, 0.1) is 0 Å². The van der Waals surface area contributed by atoms with Crippen molar-refractivity contribution >= 4 is 0 Å². The van der Waals surface area contributed by atoms with Gasteiger partial charge in [0, 0.05) is 0 Å². The lowest BCUT2D eigenvalue weighted by Gasteiger charge is -2.02. The molecule has 0 radical (unpaired) electrons. The van der Waals surface area contributed by atoms with E-state index >= 15 is 0 Å². The lowest BCUT2D eigenvalue weighted by atomic mass is 10.0. The molecule has 0 saturated carbocycles. The van der Waals surface area contributed by atoms with Gasteiger partial charge in [0.25, 0.3) is 0 Å². The van der Waals surface area contributed by atoms with Crippen molar-refractivity contribution in [2.75, 3.05) is 6.67 Å². The van der Waals surface area contributed by atoms with Crippen LogP contribution in [0.4, 0.5) is 4.39 Å². The van der Waals surface area contributed by atoms with Crippen molar-refractivity contribution in [2.45, 2.75) is 103 Å². The van der Waals surface area contributed by atoms with Gasteiger partial charge in [-0.25, -0.2) is 0 Å². The summed E-state index contributed by atoms with van der Waals surface area (Å²) in [5.41, 5.74) is 0. The molecule has 0 spiro atoms. The van der Waals surface area contributed by atoms with Gasteiger partial charge < -0.3 is 6.15 Å². The van der Waals surface area contributed by atoms with Gasteiger partial charge in [-0.1, -0.05) is 96.8 Å². The second-order valence-electron chi connectivity index (χ2n) is 5.64. The number of hydrogen-bond donors (Lipinski definition) is 1. The van der Waals surface area contributed by atoms with Crippen LogP contribution in [-0.4, -0.2) is 6.67 Å². The Morgan fingerprint density at radius 1 is 0.474 bits per heavy atom. The first-order valence-corrected chi connectivity index (χ1v) is 8.47. The first kappa shape index (κ1) is 21.2. The Morgan fingerprint density at radius 3 is 1.00 bits per heavy atom. The topological polar surface area (TPSA) is 35.0 Å². The molecule has 0 aliphatic rings. The summed E-state index contributed by atoms with van der Waals surface area (Å²) in [5, 5.41) is 0. The summed E-state index contributed by atoms with van der Waals surface area (Å²) < 4.78 is 11.8. The van der Waals surface area contributed by atoms with Crippen molar-refractivity contribution in [2.24, 2.45) is 0 Å². The Morgan fingerprint density at radius 2 is 0.737 bits per heavy atom. The Bertz CT molecular complexity index is 123. The fraction of sp³-hybridized carbons (Fsp3) is 1.00. The van der Waals surface area contributed by atoms with Crippen LogP contribution in [0.1, 0.15) is 103 Å². The molecule has 0 bridgehead atoms. The van der Waals surface area contributed by atoms with Crippen molar-refractivity contribution in [3.63, 3.8) is 0 Å². The minimum atomic E-state index is -0.127. The molecule has 0 unspecified atom stereocenters. The average Bonchev–Trinajstić information content (AvgIpc) is 2.39. The van der Waals surface area contributed by atoms with Gasteiger partial charge in [-0.2, -0.15) is 0 Å². The van der Waals surface area contributed by atoms with E-state index in [1.807, 2.05) is 0 Å². The largest absolute Gasteiger partial charge is 0.344 e. The van der Waals surface area contributed by atoms with Crippen LogP contribution in [-0.2, 0) is 0 Å². The predicted octanol–water partition coefficient (Wildman–Crippen LogP) is 6.99. The summed E-state index contributed by atoms with van der Waals surface area (Å²) >= 11 is 0. The molecule has 2 heteroatoms.